The summed E-state index contributed by atoms with van der Waals surface area (Å²) in [6, 6.07) is 15.0. The monoisotopic (exact) mass is 406 g/mol. The SMILES string of the molecule is C=CCC[C@H](O)CC(=O)O[C@@H]1[C@H]2CC[C@@](C)([C@@H]1c1cccc3ccccc13)C2(C)C. The lowest BCUT2D eigenvalue weighted by Crippen LogP contribution is -2.35. The quantitative estimate of drug-likeness (QED) is 0.452. The Balaban J connectivity index is 1.68. The summed E-state index contributed by atoms with van der Waals surface area (Å²) in [5.74, 6) is 0.209. The fourth-order valence-corrected chi connectivity index (χ4v) is 6.28. The first kappa shape index (κ1) is 21.1. The maximum atomic E-state index is 12.8. The average Bonchev–Trinajstić information content (AvgIpc) is 3.03. The Hall–Kier alpha value is -2.13. The zero-order valence-corrected chi connectivity index (χ0v) is 18.4. The molecule has 0 saturated heterocycles. The Bertz CT molecular complexity index is 941. The molecule has 2 aliphatic rings. The zero-order chi connectivity index (χ0) is 21.5. The molecule has 160 valence electrons. The molecular weight excluding hydrogens is 372 g/mol. The van der Waals surface area contributed by atoms with Crippen LogP contribution in [-0.2, 0) is 9.53 Å². The maximum absolute atomic E-state index is 12.8. The molecule has 0 amide bonds. The number of benzene rings is 2. The van der Waals surface area contributed by atoms with Crippen LogP contribution in [-0.4, -0.2) is 23.3 Å². The van der Waals surface area contributed by atoms with E-state index in [2.05, 4.69) is 69.8 Å². The van der Waals surface area contributed by atoms with E-state index in [-0.39, 0.29) is 35.2 Å². The van der Waals surface area contributed by atoms with Gasteiger partial charge in [0.15, 0.2) is 0 Å². The third-order valence-electron chi connectivity index (χ3n) is 8.32. The van der Waals surface area contributed by atoms with Gasteiger partial charge >= 0.3 is 5.97 Å². The van der Waals surface area contributed by atoms with E-state index in [1.54, 1.807) is 6.08 Å². The van der Waals surface area contributed by atoms with Crippen molar-refractivity contribution in [1.29, 1.82) is 0 Å². The normalized spacial score (nSPS) is 30.3. The van der Waals surface area contributed by atoms with Crippen LogP contribution in [0, 0.1) is 16.7 Å². The molecule has 2 saturated carbocycles. The van der Waals surface area contributed by atoms with Crippen LogP contribution in [0.15, 0.2) is 55.1 Å². The lowest BCUT2D eigenvalue weighted by Gasteiger charge is -2.40. The first-order chi connectivity index (χ1) is 14.3. The predicted molar refractivity (Wildman–Crippen MR) is 121 cm³/mol. The van der Waals surface area contributed by atoms with E-state index in [1.165, 1.54) is 16.3 Å². The Morgan fingerprint density at radius 2 is 1.97 bits per heavy atom. The van der Waals surface area contributed by atoms with E-state index >= 15 is 0 Å². The Morgan fingerprint density at radius 3 is 2.73 bits per heavy atom. The molecule has 1 N–H and O–H groups in total. The number of carbonyl (C=O) groups excluding carboxylic acids is 1. The van der Waals surface area contributed by atoms with Crippen LogP contribution >= 0.6 is 0 Å². The highest BCUT2D eigenvalue weighted by Crippen LogP contribution is 2.71. The number of aliphatic hydroxyl groups excluding tert-OH is 1. The second-order valence-corrected chi connectivity index (χ2v) is 10.0. The first-order valence-electron chi connectivity index (χ1n) is 11.3. The highest BCUT2D eigenvalue weighted by atomic mass is 16.5. The second kappa shape index (κ2) is 7.85. The molecule has 2 fully saturated rings. The molecule has 3 heteroatoms. The van der Waals surface area contributed by atoms with E-state index < -0.39 is 6.10 Å². The zero-order valence-electron chi connectivity index (χ0n) is 18.4. The Labute approximate surface area is 180 Å². The fraction of sp³-hybridized carbons (Fsp3) is 0.519. The molecule has 0 aromatic heterocycles. The number of rotatable bonds is 7. The van der Waals surface area contributed by atoms with Crippen molar-refractivity contribution in [3.63, 3.8) is 0 Å². The molecule has 0 heterocycles. The minimum atomic E-state index is -0.673. The standard InChI is InChI=1S/C27H34O3/c1-5-6-12-19(28)17-23(29)30-25-22-15-16-27(4,26(22,2)3)24(25)21-14-9-11-18-10-7-8-13-20(18)21/h5,7-11,13-14,19,22,24-25,28H,1,6,12,15-17H2,2-4H3/t19-,22+,24+,25+,27-/m0/s1. The van der Waals surface area contributed by atoms with Gasteiger partial charge in [-0.3, -0.25) is 4.79 Å². The van der Waals surface area contributed by atoms with E-state index in [1.807, 2.05) is 0 Å². The molecule has 2 bridgehead atoms. The van der Waals surface area contributed by atoms with Crippen molar-refractivity contribution < 1.29 is 14.6 Å². The third kappa shape index (κ3) is 3.28. The van der Waals surface area contributed by atoms with Crippen molar-refractivity contribution in [3.8, 4) is 0 Å². The maximum Gasteiger partial charge on any atom is 0.308 e. The van der Waals surface area contributed by atoms with E-state index in [0.29, 0.717) is 18.8 Å². The molecule has 0 spiro atoms. The van der Waals surface area contributed by atoms with Gasteiger partial charge in [0.1, 0.15) is 6.10 Å². The number of carbonyl (C=O) groups is 1. The van der Waals surface area contributed by atoms with Crippen LogP contribution < -0.4 is 0 Å². The Morgan fingerprint density at radius 1 is 1.23 bits per heavy atom. The lowest BCUT2D eigenvalue weighted by atomic mass is 9.64. The summed E-state index contributed by atoms with van der Waals surface area (Å²) in [7, 11) is 0. The molecule has 30 heavy (non-hydrogen) atoms. The van der Waals surface area contributed by atoms with E-state index in [0.717, 1.165) is 12.8 Å². The fourth-order valence-electron chi connectivity index (χ4n) is 6.28. The average molecular weight is 407 g/mol. The summed E-state index contributed by atoms with van der Waals surface area (Å²) in [4.78, 5) is 12.8. The van der Waals surface area contributed by atoms with Crippen LogP contribution in [0.5, 0.6) is 0 Å². The Kier molecular flexibility index (Phi) is 5.52. The molecule has 2 aromatic rings. The summed E-state index contributed by atoms with van der Waals surface area (Å²) < 4.78 is 6.19. The van der Waals surface area contributed by atoms with Crippen LogP contribution in [0.2, 0.25) is 0 Å². The molecule has 0 unspecified atom stereocenters. The molecular formula is C27H34O3. The molecule has 4 rings (SSSR count). The van der Waals surface area contributed by atoms with Crippen LogP contribution in [0.1, 0.15) is 64.4 Å². The van der Waals surface area contributed by atoms with Gasteiger partial charge in [0.05, 0.1) is 12.5 Å². The minimum Gasteiger partial charge on any atom is -0.461 e. The van der Waals surface area contributed by atoms with Crippen molar-refractivity contribution >= 4 is 16.7 Å². The highest BCUT2D eigenvalue weighted by Gasteiger charge is 2.67. The molecule has 2 aliphatic carbocycles. The number of aliphatic hydroxyl groups is 1. The van der Waals surface area contributed by atoms with Gasteiger partial charge in [-0.15, -0.1) is 6.58 Å². The molecule has 2 aromatic carbocycles. The van der Waals surface area contributed by atoms with Crippen LogP contribution in [0.25, 0.3) is 10.8 Å². The molecule has 5 atom stereocenters. The highest BCUT2D eigenvalue weighted by molar-refractivity contribution is 5.86. The smallest absolute Gasteiger partial charge is 0.308 e. The number of hydrogen-bond donors (Lipinski definition) is 1. The summed E-state index contributed by atoms with van der Waals surface area (Å²) in [5.41, 5.74) is 1.44. The van der Waals surface area contributed by atoms with Crippen molar-refractivity contribution in [3.05, 3.63) is 60.7 Å². The lowest BCUT2D eigenvalue weighted by molar-refractivity contribution is -0.155. The van der Waals surface area contributed by atoms with Gasteiger partial charge in [-0.2, -0.15) is 0 Å². The third-order valence-corrected chi connectivity index (χ3v) is 8.32. The molecule has 3 nitrogen and oxygen atoms in total. The van der Waals surface area contributed by atoms with Crippen molar-refractivity contribution in [1.82, 2.24) is 0 Å². The van der Waals surface area contributed by atoms with Gasteiger partial charge in [-0.05, 0) is 52.8 Å². The number of esters is 1. The summed E-state index contributed by atoms with van der Waals surface area (Å²) >= 11 is 0. The van der Waals surface area contributed by atoms with E-state index in [4.69, 9.17) is 4.74 Å². The number of fused-ring (bicyclic) bond motifs is 3. The van der Waals surface area contributed by atoms with Crippen molar-refractivity contribution in [2.45, 2.75) is 71.0 Å². The van der Waals surface area contributed by atoms with E-state index in [9.17, 15) is 9.90 Å². The topological polar surface area (TPSA) is 46.5 Å². The van der Waals surface area contributed by atoms with Gasteiger partial charge in [-0.1, -0.05) is 69.3 Å². The predicted octanol–water partition coefficient (Wildman–Crippen LogP) is 6.01. The van der Waals surface area contributed by atoms with Gasteiger partial charge in [-0.25, -0.2) is 0 Å². The summed E-state index contributed by atoms with van der Waals surface area (Å²) in [6.07, 6.45) is 4.47. The first-order valence-corrected chi connectivity index (χ1v) is 11.3. The van der Waals surface area contributed by atoms with Crippen molar-refractivity contribution in [2.75, 3.05) is 0 Å². The second-order valence-electron chi connectivity index (χ2n) is 10.0. The number of hydrogen-bond acceptors (Lipinski definition) is 3. The van der Waals surface area contributed by atoms with Gasteiger partial charge < -0.3 is 9.84 Å². The largest absolute Gasteiger partial charge is 0.461 e. The molecule has 0 radical (unpaired) electrons. The number of ether oxygens (including phenoxy) is 1. The van der Waals surface area contributed by atoms with Crippen molar-refractivity contribution in [2.24, 2.45) is 16.7 Å². The number of allylic oxidation sites excluding steroid dienone is 1. The summed E-state index contributed by atoms with van der Waals surface area (Å²) in [6.45, 7) is 10.8. The van der Waals surface area contributed by atoms with Crippen LogP contribution in [0.4, 0.5) is 0 Å². The van der Waals surface area contributed by atoms with Gasteiger partial charge in [0, 0.05) is 11.8 Å². The molecule has 0 aliphatic heterocycles. The summed E-state index contributed by atoms with van der Waals surface area (Å²) in [5, 5.41) is 12.7. The van der Waals surface area contributed by atoms with Gasteiger partial charge in [0.2, 0.25) is 0 Å². The van der Waals surface area contributed by atoms with Gasteiger partial charge in [0.25, 0.3) is 0 Å². The minimum absolute atomic E-state index is 0.0520. The van der Waals surface area contributed by atoms with Crippen LogP contribution in [0.3, 0.4) is 0 Å².